The van der Waals surface area contributed by atoms with E-state index < -0.39 is 21.2 Å². The van der Waals surface area contributed by atoms with Gasteiger partial charge in [-0.05, 0) is 51.0 Å². The second-order valence-corrected chi connectivity index (χ2v) is 11.0. The normalized spacial score (nSPS) is 12.0. The van der Waals surface area contributed by atoms with Crippen LogP contribution in [0.3, 0.4) is 0 Å². The van der Waals surface area contributed by atoms with Gasteiger partial charge < -0.3 is 9.47 Å². The van der Waals surface area contributed by atoms with Crippen LogP contribution in [0.5, 0.6) is 5.75 Å². The third-order valence-electron chi connectivity index (χ3n) is 4.98. The molecule has 0 aliphatic carbocycles. The second kappa shape index (κ2) is 11.3. The van der Waals surface area contributed by atoms with Gasteiger partial charge in [0, 0.05) is 0 Å². The topological polar surface area (TPSA) is 96.7 Å². The number of benzene rings is 2. The van der Waals surface area contributed by atoms with Crippen LogP contribution < -0.4 is 10.3 Å². The molecule has 0 atom stereocenters. The zero-order valence-corrected chi connectivity index (χ0v) is 21.7. The number of rotatable bonds is 10. The number of ether oxygens (including phenoxy) is 2. The van der Waals surface area contributed by atoms with Crippen molar-refractivity contribution in [1.82, 2.24) is 9.78 Å². The third kappa shape index (κ3) is 7.38. The highest BCUT2D eigenvalue weighted by Crippen LogP contribution is 2.22. The summed E-state index contributed by atoms with van der Waals surface area (Å²) in [4.78, 5) is 12.5. The van der Waals surface area contributed by atoms with Crippen molar-refractivity contribution < 1.29 is 22.1 Å². The molecule has 0 bridgehead atoms. The predicted molar refractivity (Wildman–Crippen MR) is 133 cm³/mol. The SMILES string of the molecule is Cc1ccc(S(=O)(=O)OCCOCc2ccc(COc3cnn(C(C)(C)C)c(=O)c3Cl)cc2)cc1. The molecule has 0 amide bonds. The lowest BCUT2D eigenvalue weighted by atomic mass is 10.1. The maximum atomic E-state index is 12.4. The number of aromatic nitrogens is 2. The Morgan fingerprint density at radius 3 is 2.14 bits per heavy atom. The summed E-state index contributed by atoms with van der Waals surface area (Å²) < 4.78 is 41.9. The molecular formula is C25H29ClN2O6S. The fourth-order valence-corrected chi connectivity index (χ4v) is 4.13. The van der Waals surface area contributed by atoms with Crippen molar-refractivity contribution >= 4 is 21.7 Å². The molecule has 0 saturated heterocycles. The Morgan fingerprint density at radius 1 is 0.943 bits per heavy atom. The molecule has 0 unspecified atom stereocenters. The first kappa shape index (κ1) is 26.9. The Labute approximate surface area is 210 Å². The molecule has 10 heteroatoms. The first-order chi connectivity index (χ1) is 16.5. The average molecular weight is 521 g/mol. The van der Waals surface area contributed by atoms with Crippen LogP contribution in [0, 0.1) is 6.92 Å². The Kier molecular flexibility index (Phi) is 8.71. The van der Waals surface area contributed by atoms with E-state index in [4.69, 9.17) is 25.3 Å². The van der Waals surface area contributed by atoms with E-state index in [9.17, 15) is 13.2 Å². The van der Waals surface area contributed by atoms with Crippen LogP contribution in [0.1, 0.15) is 37.5 Å². The fourth-order valence-electron chi connectivity index (χ4n) is 3.05. The standard InChI is InChI=1S/C25H29ClN2O6S/c1-18-5-11-21(12-6-18)35(30,31)34-14-13-32-16-19-7-9-20(10-8-19)17-33-22-15-27-28(25(2,3)4)24(29)23(22)26/h5-12,15H,13-14,16-17H2,1-4H3. The largest absolute Gasteiger partial charge is 0.485 e. The van der Waals surface area contributed by atoms with E-state index in [1.165, 1.54) is 23.0 Å². The quantitative estimate of drug-likeness (QED) is 0.287. The monoisotopic (exact) mass is 520 g/mol. The summed E-state index contributed by atoms with van der Waals surface area (Å²) in [6, 6.07) is 14.0. The van der Waals surface area contributed by atoms with Crippen molar-refractivity contribution in [1.29, 1.82) is 0 Å². The number of aryl methyl sites for hydroxylation is 1. The van der Waals surface area contributed by atoms with Crippen molar-refractivity contribution in [2.45, 2.75) is 51.3 Å². The van der Waals surface area contributed by atoms with Gasteiger partial charge in [-0.25, -0.2) is 4.68 Å². The summed E-state index contributed by atoms with van der Waals surface area (Å²) in [5.74, 6) is 0.227. The summed E-state index contributed by atoms with van der Waals surface area (Å²) in [6.07, 6.45) is 1.44. The predicted octanol–water partition coefficient (Wildman–Crippen LogP) is 4.46. The zero-order valence-electron chi connectivity index (χ0n) is 20.2. The van der Waals surface area contributed by atoms with Crippen LogP contribution >= 0.6 is 11.6 Å². The zero-order chi connectivity index (χ0) is 25.6. The summed E-state index contributed by atoms with van der Waals surface area (Å²) >= 11 is 6.19. The van der Waals surface area contributed by atoms with Crippen molar-refractivity contribution in [3.8, 4) is 5.75 Å². The molecule has 0 radical (unpaired) electrons. The van der Waals surface area contributed by atoms with Gasteiger partial charge in [0.1, 0.15) is 6.61 Å². The van der Waals surface area contributed by atoms with Crippen LogP contribution in [-0.2, 0) is 37.8 Å². The van der Waals surface area contributed by atoms with Crippen LogP contribution in [0.15, 0.2) is 64.4 Å². The highest BCUT2D eigenvalue weighted by atomic mass is 35.5. The molecule has 1 aromatic heterocycles. The van der Waals surface area contributed by atoms with E-state index in [-0.39, 0.29) is 35.5 Å². The lowest BCUT2D eigenvalue weighted by Crippen LogP contribution is -2.36. The van der Waals surface area contributed by atoms with E-state index in [1.807, 2.05) is 52.0 Å². The van der Waals surface area contributed by atoms with Crippen molar-refractivity contribution in [2.75, 3.05) is 13.2 Å². The molecule has 0 aliphatic heterocycles. The van der Waals surface area contributed by atoms with Gasteiger partial charge in [0.15, 0.2) is 10.8 Å². The van der Waals surface area contributed by atoms with E-state index in [1.54, 1.807) is 12.1 Å². The molecule has 3 aromatic rings. The third-order valence-corrected chi connectivity index (χ3v) is 6.66. The number of halogens is 1. The van der Waals surface area contributed by atoms with Crippen LogP contribution in [0.4, 0.5) is 0 Å². The maximum Gasteiger partial charge on any atom is 0.297 e. The number of hydrogen-bond donors (Lipinski definition) is 0. The van der Waals surface area contributed by atoms with E-state index in [2.05, 4.69) is 5.10 Å². The fraction of sp³-hybridized carbons (Fsp3) is 0.360. The summed E-state index contributed by atoms with van der Waals surface area (Å²) in [5.41, 5.74) is 1.86. The highest BCUT2D eigenvalue weighted by Gasteiger charge is 2.20. The molecule has 2 aromatic carbocycles. The lowest BCUT2D eigenvalue weighted by Gasteiger charge is -2.21. The molecule has 35 heavy (non-hydrogen) atoms. The first-order valence-corrected chi connectivity index (χ1v) is 12.8. The average Bonchev–Trinajstić information content (AvgIpc) is 2.80. The molecule has 0 fully saturated rings. The Bertz CT molecular complexity index is 1300. The second-order valence-electron chi connectivity index (χ2n) is 8.96. The minimum Gasteiger partial charge on any atom is -0.485 e. The van der Waals surface area contributed by atoms with Crippen molar-refractivity contribution in [3.05, 3.63) is 86.8 Å². The van der Waals surface area contributed by atoms with Gasteiger partial charge in [0.05, 0.1) is 36.5 Å². The van der Waals surface area contributed by atoms with Gasteiger partial charge in [-0.3, -0.25) is 8.98 Å². The molecule has 3 rings (SSSR count). The van der Waals surface area contributed by atoms with Gasteiger partial charge in [0.2, 0.25) is 0 Å². The summed E-state index contributed by atoms with van der Waals surface area (Å²) in [6.45, 7) is 8.04. The van der Waals surface area contributed by atoms with Crippen LogP contribution in [0.25, 0.3) is 0 Å². The van der Waals surface area contributed by atoms with E-state index >= 15 is 0 Å². The molecule has 0 N–H and O–H groups in total. The van der Waals surface area contributed by atoms with Crippen LogP contribution in [0.2, 0.25) is 5.02 Å². The summed E-state index contributed by atoms with van der Waals surface area (Å²) in [5, 5.41) is 4.14. The van der Waals surface area contributed by atoms with E-state index in [0.717, 1.165) is 16.7 Å². The molecule has 0 aliphatic rings. The molecule has 188 valence electrons. The first-order valence-electron chi connectivity index (χ1n) is 11.0. The van der Waals surface area contributed by atoms with Gasteiger partial charge >= 0.3 is 0 Å². The molecule has 8 nitrogen and oxygen atoms in total. The Hall–Kier alpha value is -2.72. The smallest absolute Gasteiger partial charge is 0.297 e. The van der Waals surface area contributed by atoms with Gasteiger partial charge in [-0.15, -0.1) is 0 Å². The molecule has 0 spiro atoms. The number of hydrogen-bond acceptors (Lipinski definition) is 7. The molecular weight excluding hydrogens is 492 g/mol. The van der Waals surface area contributed by atoms with Gasteiger partial charge in [-0.2, -0.15) is 13.5 Å². The molecule has 0 saturated carbocycles. The van der Waals surface area contributed by atoms with Crippen molar-refractivity contribution in [2.24, 2.45) is 0 Å². The Morgan fingerprint density at radius 2 is 1.54 bits per heavy atom. The van der Waals surface area contributed by atoms with Gasteiger partial charge in [0.25, 0.3) is 15.7 Å². The van der Waals surface area contributed by atoms with Gasteiger partial charge in [-0.1, -0.05) is 53.6 Å². The maximum absolute atomic E-state index is 12.4. The van der Waals surface area contributed by atoms with Crippen molar-refractivity contribution in [3.63, 3.8) is 0 Å². The van der Waals surface area contributed by atoms with E-state index in [0.29, 0.717) is 6.61 Å². The summed E-state index contributed by atoms with van der Waals surface area (Å²) in [7, 11) is -3.80. The minimum atomic E-state index is -3.80. The van der Waals surface area contributed by atoms with Crippen LogP contribution in [-0.4, -0.2) is 31.4 Å². The minimum absolute atomic E-state index is 0.00782. The number of nitrogens with zero attached hydrogens (tertiary/aromatic N) is 2. The Balaban J connectivity index is 1.45. The lowest BCUT2D eigenvalue weighted by molar-refractivity contribution is 0.0907. The molecule has 1 heterocycles. The highest BCUT2D eigenvalue weighted by molar-refractivity contribution is 7.86.